The smallest absolute Gasteiger partial charge is 0.133 e. The molecule has 0 aliphatic rings. The van der Waals surface area contributed by atoms with E-state index in [0.29, 0.717) is 0 Å². The molecule has 0 nitrogen and oxygen atoms in total. The summed E-state index contributed by atoms with van der Waals surface area (Å²) in [5.74, 6) is 0. The molecule has 33 heavy (non-hydrogen) atoms. The average Bonchev–Trinajstić information content (AvgIpc) is 2.90. The lowest BCUT2D eigenvalue weighted by Gasteiger charge is -2.35. The van der Waals surface area contributed by atoms with Gasteiger partial charge in [-0.05, 0) is 47.5 Å². The topological polar surface area (TPSA) is 0 Å². The number of hydrogen-bond acceptors (Lipinski definition) is 0. The van der Waals surface area contributed by atoms with Crippen molar-refractivity contribution in [1.82, 2.24) is 0 Å². The lowest BCUT2D eigenvalue weighted by atomic mass is 10.0. The maximum absolute atomic E-state index is 2.33. The molecule has 5 rings (SSSR count). The van der Waals surface area contributed by atoms with Crippen LogP contribution < -0.4 is 39.9 Å². The highest BCUT2D eigenvalue weighted by atomic mass is 127. The van der Waals surface area contributed by atoms with E-state index in [-0.39, 0.29) is 29.6 Å². The Morgan fingerprint density at radius 2 is 0.576 bits per heavy atom. The van der Waals surface area contributed by atoms with Crippen LogP contribution >= 0.6 is 7.26 Å². The zero-order valence-corrected chi connectivity index (χ0v) is 21.4. The molecule has 5 aromatic carbocycles. The molecule has 0 spiro atoms. The molecule has 0 radical (unpaired) electrons. The van der Waals surface area contributed by atoms with Crippen molar-refractivity contribution in [3.8, 4) is 0 Å². The lowest BCUT2D eigenvalue weighted by Crippen LogP contribution is -3.00. The Kier molecular flexibility index (Phi) is 7.75. The fraction of sp³-hybridized carbons (Fsp3) is 0.0323. The normalized spacial score (nSPS) is 11.1. The van der Waals surface area contributed by atoms with Crippen LogP contribution in [0.2, 0.25) is 0 Å². The maximum atomic E-state index is 2.33. The zero-order chi connectivity index (χ0) is 21.6. The Balaban J connectivity index is 0.00000259. The Morgan fingerprint density at radius 3 is 0.848 bits per heavy atom. The summed E-state index contributed by atoms with van der Waals surface area (Å²) < 4.78 is 0. The van der Waals surface area contributed by atoms with E-state index >= 15 is 0 Å². The first-order chi connectivity index (χ1) is 15.9. The Morgan fingerprint density at radius 1 is 0.333 bits per heavy atom. The predicted molar refractivity (Wildman–Crippen MR) is 140 cm³/mol. The van der Waals surface area contributed by atoms with E-state index in [2.05, 4.69) is 152 Å². The van der Waals surface area contributed by atoms with Gasteiger partial charge < -0.3 is 24.0 Å². The van der Waals surface area contributed by atoms with Gasteiger partial charge in [-0.15, -0.1) is 0 Å². The van der Waals surface area contributed by atoms with Gasteiger partial charge in [-0.2, -0.15) is 0 Å². The van der Waals surface area contributed by atoms with Crippen molar-refractivity contribution in [3.63, 3.8) is 0 Å². The first-order valence-corrected chi connectivity index (χ1v) is 12.9. The van der Waals surface area contributed by atoms with Crippen LogP contribution in [0, 0.1) is 0 Å². The lowest BCUT2D eigenvalue weighted by molar-refractivity contribution is -0.00000611. The first-order valence-electron chi connectivity index (χ1n) is 11.1. The van der Waals surface area contributed by atoms with Crippen molar-refractivity contribution in [2.45, 2.75) is 5.66 Å². The molecule has 0 saturated heterocycles. The van der Waals surface area contributed by atoms with Crippen LogP contribution in [0.4, 0.5) is 0 Å². The molecule has 0 aliphatic heterocycles. The predicted octanol–water partition coefficient (Wildman–Crippen LogP) is 3.77. The van der Waals surface area contributed by atoms with E-state index in [1.807, 2.05) is 0 Å². The molecule has 0 N–H and O–H groups in total. The van der Waals surface area contributed by atoms with Crippen molar-refractivity contribution >= 4 is 23.2 Å². The fourth-order valence-corrected chi connectivity index (χ4v) is 9.75. The van der Waals surface area contributed by atoms with Gasteiger partial charge in [0.05, 0.1) is 0 Å². The van der Waals surface area contributed by atoms with Gasteiger partial charge in [0.2, 0.25) is 0 Å². The third-order valence-corrected chi connectivity index (χ3v) is 10.8. The van der Waals surface area contributed by atoms with E-state index in [1.54, 1.807) is 0 Å². The van der Waals surface area contributed by atoms with Crippen molar-refractivity contribution in [2.24, 2.45) is 0 Å². The first kappa shape index (κ1) is 23.4. The molecule has 2 heteroatoms. The van der Waals surface area contributed by atoms with Crippen LogP contribution in [-0.2, 0) is 0 Å². The number of hydrogen-bond donors (Lipinski definition) is 0. The van der Waals surface area contributed by atoms with Gasteiger partial charge in [0.15, 0.2) is 0 Å². The monoisotopic (exact) mass is 556 g/mol. The summed E-state index contributed by atoms with van der Waals surface area (Å²) >= 11 is 0. The minimum atomic E-state index is -2.11. The van der Waals surface area contributed by atoms with Crippen molar-refractivity contribution in [2.75, 3.05) is 0 Å². The third-order valence-electron chi connectivity index (χ3n) is 6.11. The van der Waals surface area contributed by atoms with Gasteiger partial charge in [0.1, 0.15) is 28.8 Å². The van der Waals surface area contributed by atoms with E-state index in [1.165, 1.54) is 27.0 Å². The molecule has 0 fully saturated rings. The second-order valence-corrected chi connectivity index (χ2v) is 11.5. The zero-order valence-electron chi connectivity index (χ0n) is 18.3. The van der Waals surface area contributed by atoms with Crippen molar-refractivity contribution < 1.29 is 24.0 Å². The summed E-state index contributed by atoms with van der Waals surface area (Å²) in [6, 6.07) is 55.5. The molecular formula is C31H26IP. The van der Waals surface area contributed by atoms with Gasteiger partial charge in [0, 0.05) is 0 Å². The minimum Gasteiger partial charge on any atom is -1.00 e. The van der Waals surface area contributed by atoms with Crippen LogP contribution in [0.5, 0.6) is 0 Å². The molecule has 0 aliphatic carbocycles. The van der Waals surface area contributed by atoms with Gasteiger partial charge in [0.25, 0.3) is 0 Å². The van der Waals surface area contributed by atoms with Crippen LogP contribution in [0.25, 0.3) is 0 Å². The Bertz CT molecular complexity index is 1110. The van der Waals surface area contributed by atoms with E-state index in [4.69, 9.17) is 0 Å². The van der Waals surface area contributed by atoms with Crippen LogP contribution in [-0.4, -0.2) is 0 Å². The Labute approximate surface area is 214 Å². The van der Waals surface area contributed by atoms with Crippen molar-refractivity contribution in [1.29, 1.82) is 0 Å². The summed E-state index contributed by atoms with van der Waals surface area (Å²) in [4.78, 5) is 0. The largest absolute Gasteiger partial charge is 1.00 e. The number of benzene rings is 5. The van der Waals surface area contributed by atoms with Crippen LogP contribution in [0.15, 0.2) is 152 Å². The van der Waals surface area contributed by atoms with Gasteiger partial charge in [-0.1, -0.05) is 115 Å². The second kappa shape index (κ2) is 10.9. The molecule has 0 saturated carbocycles. The Hall–Kier alpha value is -2.74. The molecule has 0 unspecified atom stereocenters. The van der Waals surface area contributed by atoms with E-state index < -0.39 is 7.26 Å². The quantitative estimate of drug-likeness (QED) is 0.221. The highest BCUT2D eigenvalue weighted by molar-refractivity contribution is 7.96. The molecule has 0 heterocycles. The highest BCUT2D eigenvalue weighted by Gasteiger charge is 2.53. The molecular weight excluding hydrogens is 530 g/mol. The summed E-state index contributed by atoms with van der Waals surface area (Å²) in [6.07, 6.45) is 0. The van der Waals surface area contributed by atoms with Gasteiger partial charge >= 0.3 is 0 Å². The van der Waals surface area contributed by atoms with Crippen molar-refractivity contribution in [3.05, 3.63) is 163 Å². The minimum absolute atomic E-state index is 0. The summed E-state index contributed by atoms with van der Waals surface area (Å²) in [7, 11) is -2.11. The molecule has 5 aromatic rings. The molecule has 0 amide bonds. The number of rotatable bonds is 6. The average molecular weight is 556 g/mol. The summed E-state index contributed by atoms with van der Waals surface area (Å²) in [5.41, 5.74) is 2.91. The molecule has 0 bridgehead atoms. The van der Waals surface area contributed by atoms with Crippen LogP contribution in [0.1, 0.15) is 16.8 Å². The van der Waals surface area contributed by atoms with E-state index in [0.717, 1.165) is 0 Å². The fourth-order valence-electron chi connectivity index (χ4n) is 4.79. The maximum Gasteiger partial charge on any atom is 0.133 e. The van der Waals surface area contributed by atoms with Crippen LogP contribution in [0.3, 0.4) is 0 Å². The third kappa shape index (κ3) is 4.53. The SMILES string of the molecule is [I-].c1ccc(C(c2ccccc2)[P+](c2ccccc2)(c2ccccc2)c2ccccc2)cc1. The second-order valence-electron chi connectivity index (χ2n) is 7.95. The molecule has 0 atom stereocenters. The molecule has 0 aromatic heterocycles. The highest BCUT2D eigenvalue weighted by Crippen LogP contribution is 2.68. The number of halogens is 1. The summed E-state index contributed by atoms with van der Waals surface area (Å²) in [6.45, 7) is 0. The van der Waals surface area contributed by atoms with E-state index in [9.17, 15) is 0 Å². The van der Waals surface area contributed by atoms with Gasteiger partial charge in [-0.25, -0.2) is 0 Å². The molecule has 162 valence electrons. The standard InChI is InChI=1S/C31H26P.HI/c1-6-16-26(17-7-1)31(27-18-8-2-9-19-27)32(28-20-10-3-11-21-28,29-22-12-4-13-23-29)30-24-14-5-15-25-30;/h1-25,31H;1H/q+1;/p-1. The van der Waals surface area contributed by atoms with Gasteiger partial charge in [-0.3, -0.25) is 0 Å². The summed E-state index contributed by atoms with van der Waals surface area (Å²) in [5, 5.41) is 4.19.